The van der Waals surface area contributed by atoms with Gasteiger partial charge in [-0.3, -0.25) is 4.79 Å². The molecule has 2 aromatic carbocycles. The van der Waals surface area contributed by atoms with Gasteiger partial charge < -0.3 is 15.1 Å². The fourth-order valence-corrected chi connectivity index (χ4v) is 6.26. The second kappa shape index (κ2) is 13.7. The van der Waals surface area contributed by atoms with Gasteiger partial charge in [0.1, 0.15) is 5.82 Å². The number of hydrogen-bond acceptors (Lipinski definition) is 4. The molecule has 0 unspecified atom stereocenters. The van der Waals surface area contributed by atoms with Crippen LogP contribution in [-0.4, -0.2) is 72.4 Å². The molecule has 10 heteroatoms. The highest BCUT2D eigenvalue weighted by atomic mass is 32.2. The number of anilines is 1. The predicted molar refractivity (Wildman–Crippen MR) is 147 cm³/mol. The average molecular weight is 547 g/mol. The van der Waals surface area contributed by atoms with Crippen molar-refractivity contribution in [3.05, 3.63) is 66.0 Å². The number of carbonyl (C=O) groups is 2. The standard InChI is InChI=1S/C28H39FN4O4S/c1-4-18-38(36,37)32(19-22(2)3)21-27(34)33(20-23-10-6-5-7-11-23)24-14-16-31(17-15-24)28(35)30-26-13-9-8-12-25(26)29/h5-13,22,24H,4,14-21H2,1-3H3,(H,30,35). The Bertz CT molecular complexity index is 1170. The Morgan fingerprint density at radius 2 is 1.68 bits per heavy atom. The van der Waals surface area contributed by atoms with Crippen molar-refractivity contribution in [1.82, 2.24) is 14.1 Å². The molecule has 3 amide bonds. The number of rotatable bonds is 11. The van der Waals surface area contributed by atoms with Gasteiger partial charge in [-0.05, 0) is 42.9 Å². The van der Waals surface area contributed by atoms with Gasteiger partial charge in [0.05, 0.1) is 18.0 Å². The van der Waals surface area contributed by atoms with Gasteiger partial charge in [0.15, 0.2) is 0 Å². The number of amides is 3. The lowest BCUT2D eigenvalue weighted by Crippen LogP contribution is -2.52. The van der Waals surface area contributed by atoms with Gasteiger partial charge in [0.2, 0.25) is 15.9 Å². The fourth-order valence-electron chi connectivity index (χ4n) is 4.65. The molecule has 0 atom stereocenters. The molecule has 0 aromatic heterocycles. The van der Waals surface area contributed by atoms with Crippen LogP contribution in [0.2, 0.25) is 0 Å². The van der Waals surface area contributed by atoms with Crippen LogP contribution in [-0.2, 0) is 21.4 Å². The number of nitrogens with zero attached hydrogens (tertiary/aromatic N) is 3. The lowest BCUT2D eigenvalue weighted by atomic mass is 10.0. The van der Waals surface area contributed by atoms with Crippen molar-refractivity contribution < 1.29 is 22.4 Å². The maximum Gasteiger partial charge on any atom is 0.321 e. The van der Waals surface area contributed by atoms with E-state index >= 15 is 0 Å². The molecule has 1 fully saturated rings. The van der Waals surface area contributed by atoms with Gasteiger partial charge in [-0.1, -0.05) is 63.2 Å². The Kier molecular flexibility index (Phi) is 10.7. The van der Waals surface area contributed by atoms with Crippen LogP contribution in [0, 0.1) is 11.7 Å². The smallest absolute Gasteiger partial charge is 0.321 e. The molecule has 0 aliphatic carbocycles. The Morgan fingerprint density at radius 1 is 1.05 bits per heavy atom. The van der Waals surface area contributed by atoms with Crippen molar-refractivity contribution >= 4 is 27.6 Å². The minimum atomic E-state index is -3.56. The zero-order valence-electron chi connectivity index (χ0n) is 22.5. The van der Waals surface area contributed by atoms with Crippen LogP contribution >= 0.6 is 0 Å². The van der Waals surface area contributed by atoms with Crippen LogP contribution < -0.4 is 5.32 Å². The zero-order valence-corrected chi connectivity index (χ0v) is 23.3. The predicted octanol–water partition coefficient (Wildman–Crippen LogP) is 4.55. The average Bonchev–Trinajstić information content (AvgIpc) is 2.88. The Hall–Kier alpha value is -2.98. The normalized spacial score (nSPS) is 14.6. The number of sulfonamides is 1. The number of carbonyl (C=O) groups excluding carboxylic acids is 2. The molecule has 208 valence electrons. The van der Waals surface area contributed by atoms with Crippen LogP contribution in [0.1, 0.15) is 45.6 Å². The zero-order chi connectivity index (χ0) is 27.7. The van der Waals surface area contributed by atoms with Gasteiger partial charge in [-0.2, -0.15) is 4.31 Å². The molecule has 3 rings (SSSR count). The number of para-hydroxylation sites is 1. The lowest BCUT2D eigenvalue weighted by Gasteiger charge is -2.39. The summed E-state index contributed by atoms with van der Waals surface area (Å²) in [7, 11) is -3.56. The topological polar surface area (TPSA) is 90.0 Å². The van der Waals surface area contributed by atoms with E-state index < -0.39 is 15.8 Å². The molecule has 2 aromatic rings. The van der Waals surface area contributed by atoms with Crippen molar-refractivity contribution in [3.63, 3.8) is 0 Å². The third-order valence-corrected chi connectivity index (χ3v) is 8.55. The molecule has 1 aliphatic rings. The second-order valence-corrected chi connectivity index (χ2v) is 12.2. The first-order valence-electron chi connectivity index (χ1n) is 13.2. The molecular formula is C28H39FN4O4S. The van der Waals surface area contributed by atoms with E-state index in [0.29, 0.717) is 38.9 Å². The second-order valence-electron chi connectivity index (χ2n) is 10.1. The number of benzene rings is 2. The van der Waals surface area contributed by atoms with Crippen LogP contribution in [0.25, 0.3) is 0 Å². The fraction of sp³-hybridized carbons (Fsp3) is 0.500. The third kappa shape index (κ3) is 8.26. The first kappa shape index (κ1) is 29.6. The Morgan fingerprint density at radius 3 is 2.29 bits per heavy atom. The van der Waals surface area contributed by atoms with E-state index in [4.69, 9.17) is 0 Å². The number of halogens is 1. The molecular weight excluding hydrogens is 507 g/mol. The molecule has 1 saturated heterocycles. The molecule has 0 radical (unpaired) electrons. The van der Waals surface area contributed by atoms with E-state index in [0.717, 1.165) is 5.56 Å². The van der Waals surface area contributed by atoms with Crippen molar-refractivity contribution in [2.75, 3.05) is 37.2 Å². The molecule has 0 spiro atoms. The highest BCUT2D eigenvalue weighted by molar-refractivity contribution is 7.89. The lowest BCUT2D eigenvalue weighted by molar-refractivity contribution is -0.135. The summed E-state index contributed by atoms with van der Waals surface area (Å²) >= 11 is 0. The quantitative estimate of drug-likeness (QED) is 0.448. The first-order valence-corrected chi connectivity index (χ1v) is 14.8. The number of hydrogen-bond donors (Lipinski definition) is 1. The van der Waals surface area contributed by atoms with E-state index in [9.17, 15) is 22.4 Å². The molecule has 1 heterocycles. The van der Waals surface area contributed by atoms with Gasteiger partial charge in [-0.15, -0.1) is 0 Å². The van der Waals surface area contributed by atoms with Gasteiger partial charge >= 0.3 is 6.03 Å². The molecule has 8 nitrogen and oxygen atoms in total. The number of likely N-dealkylation sites (tertiary alicyclic amines) is 1. The number of piperidine rings is 1. The maximum absolute atomic E-state index is 14.0. The summed E-state index contributed by atoms with van der Waals surface area (Å²) in [5, 5.41) is 2.62. The summed E-state index contributed by atoms with van der Waals surface area (Å²) in [4.78, 5) is 29.8. The minimum Gasteiger partial charge on any atom is -0.334 e. The van der Waals surface area contributed by atoms with Crippen molar-refractivity contribution in [3.8, 4) is 0 Å². The Labute approximate surface area is 225 Å². The van der Waals surface area contributed by atoms with Gasteiger partial charge in [-0.25, -0.2) is 17.6 Å². The first-order chi connectivity index (χ1) is 18.1. The SMILES string of the molecule is CCCS(=O)(=O)N(CC(=O)N(Cc1ccccc1)C1CCN(C(=O)Nc2ccccc2F)CC1)CC(C)C. The molecule has 38 heavy (non-hydrogen) atoms. The molecule has 0 saturated carbocycles. The van der Waals surface area contributed by atoms with E-state index in [1.54, 1.807) is 21.9 Å². The van der Waals surface area contributed by atoms with E-state index in [1.807, 2.05) is 51.1 Å². The summed E-state index contributed by atoms with van der Waals surface area (Å²) in [6.45, 7) is 6.90. The monoisotopic (exact) mass is 546 g/mol. The van der Waals surface area contributed by atoms with Crippen LogP contribution in [0.3, 0.4) is 0 Å². The van der Waals surface area contributed by atoms with E-state index in [-0.39, 0.29) is 48.4 Å². The van der Waals surface area contributed by atoms with Crippen molar-refractivity contribution in [2.24, 2.45) is 5.92 Å². The minimum absolute atomic E-state index is 0.00118. The summed E-state index contributed by atoms with van der Waals surface area (Å²) < 4.78 is 41.1. The Balaban J connectivity index is 1.73. The number of urea groups is 1. The van der Waals surface area contributed by atoms with Crippen LogP contribution in [0.4, 0.5) is 14.9 Å². The number of nitrogens with one attached hydrogen (secondary N) is 1. The largest absolute Gasteiger partial charge is 0.334 e. The van der Waals surface area contributed by atoms with Crippen LogP contribution in [0.5, 0.6) is 0 Å². The third-order valence-electron chi connectivity index (χ3n) is 6.56. The van der Waals surface area contributed by atoms with Crippen molar-refractivity contribution in [1.29, 1.82) is 0 Å². The highest BCUT2D eigenvalue weighted by Gasteiger charge is 2.33. The maximum atomic E-state index is 14.0. The van der Waals surface area contributed by atoms with Crippen LogP contribution in [0.15, 0.2) is 54.6 Å². The molecule has 0 bridgehead atoms. The summed E-state index contributed by atoms with van der Waals surface area (Å²) in [6, 6.07) is 15.1. The van der Waals surface area contributed by atoms with Crippen molar-refractivity contribution in [2.45, 2.75) is 52.6 Å². The highest BCUT2D eigenvalue weighted by Crippen LogP contribution is 2.22. The molecule has 1 N–H and O–H groups in total. The summed E-state index contributed by atoms with van der Waals surface area (Å²) in [5.74, 6) is -0.669. The van der Waals surface area contributed by atoms with E-state index in [2.05, 4.69) is 5.32 Å². The molecule has 1 aliphatic heterocycles. The van der Waals surface area contributed by atoms with Gasteiger partial charge in [0, 0.05) is 32.2 Å². The van der Waals surface area contributed by atoms with Gasteiger partial charge in [0.25, 0.3) is 0 Å². The summed E-state index contributed by atoms with van der Waals surface area (Å²) in [6.07, 6.45) is 1.55. The van der Waals surface area contributed by atoms with E-state index in [1.165, 1.54) is 16.4 Å². The summed E-state index contributed by atoms with van der Waals surface area (Å²) in [5.41, 5.74) is 1.08.